The van der Waals surface area contributed by atoms with Crippen molar-refractivity contribution in [1.82, 2.24) is 40.0 Å². The first-order chi connectivity index (χ1) is 35.8. The number of aromatic nitrogens is 4. The summed E-state index contributed by atoms with van der Waals surface area (Å²) >= 11 is 0. The molecule has 0 aliphatic heterocycles. The van der Waals surface area contributed by atoms with Crippen LogP contribution in [0.3, 0.4) is 0 Å². The van der Waals surface area contributed by atoms with Gasteiger partial charge >= 0.3 is 36.0 Å². The zero-order chi connectivity index (χ0) is 56.1. The van der Waals surface area contributed by atoms with Gasteiger partial charge in [0, 0.05) is 45.7 Å². The molecule has 2 aromatic heterocycles. The number of hydrogen-bond acceptors (Lipinski definition) is 16. The highest BCUT2D eigenvalue weighted by Gasteiger charge is 2.27. The number of imidazole rings is 1. The van der Waals surface area contributed by atoms with Gasteiger partial charge in [-0.2, -0.15) is 9.97 Å². The van der Waals surface area contributed by atoms with Crippen molar-refractivity contribution in [2.45, 2.75) is 157 Å². The van der Waals surface area contributed by atoms with Crippen LogP contribution in [0.25, 0.3) is 11.2 Å². The maximum absolute atomic E-state index is 13.8. The lowest BCUT2D eigenvalue weighted by Crippen LogP contribution is -2.44. The van der Waals surface area contributed by atoms with Crippen LogP contribution in [0, 0.1) is 0 Å². The number of carbonyl (C=O) groups is 6. The van der Waals surface area contributed by atoms with Crippen LogP contribution >= 0.6 is 0 Å². The maximum atomic E-state index is 13.8. The molecule has 0 spiro atoms. The molecule has 22 heteroatoms. The van der Waals surface area contributed by atoms with E-state index in [1.165, 1.54) is 16.7 Å². The minimum Gasteiger partial charge on any atom is -0.459 e. The van der Waals surface area contributed by atoms with Gasteiger partial charge in [-0.15, -0.1) is 0 Å². The molecule has 4 rings (SSSR count). The SMILES string of the molecule is CCCCNc1nc(N)c2[nH]c(=O)n(Cc3ccc(C(=O)OC[C@H](NC(=O)OCc4ccccc4)C(=O)CCCCN(CCCCN(CCCNC(=O)OC(C)(C)C)C(=O)OC(C)(C)C)C(=O)OC(C)(C)C)cc3)c2n1. The predicted molar refractivity (Wildman–Crippen MR) is 288 cm³/mol. The molecule has 4 aromatic rings. The Labute approximate surface area is 445 Å². The van der Waals surface area contributed by atoms with Crippen LogP contribution in [0.4, 0.5) is 30.9 Å². The summed E-state index contributed by atoms with van der Waals surface area (Å²) in [5.74, 6) is -0.751. The number of Topliss-reactive ketones (excluding diaryl/α,β-unsaturated/α-hetero) is 1. The number of ketones is 1. The molecule has 0 radical (unpaired) electrons. The number of esters is 1. The molecule has 0 aliphatic carbocycles. The molecule has 76 heavy (non-hydrogen) atoms. The number of rotatable bonds is 27. The minimum absolute atomic E-state index is 0.0360. The van der Waals surface area contributed by atoms with Gasteiger partial charge in [0.25, 0.3) is 0 Å². The monoisotopic (exact) mass is 1060 g/mol. The number of amides is 4. The summed E-state index contributed by atoms with van der Waals surface area (Å²) in [6.45, 7) is 19.7. The fraction of sp³-hybridized carbons (Fsp3) is 0.574. The molecule has 0 saturated carbocycles. The summed E-state index contributed by atoms with van der Waals surface area (Å²) in [7, 11) is 0. The van der Waals surface area contributed by atoms with Crippen molar-refractivity contribution in [1.29, 1.82) is 0 Å². The third kappa shape index (κ3) is 22.2. The Kier molecular flexibility index (Phi) is 23.4. The standard InChI is InChI=1S/C54H80N10O12/c1-11-12-28-56-46-60-43(55)42-44(61-46)64(47(67)59-42)34-37-24-26-39(27-25-37)45(66)72-36-40(58-49(69)73-35-38-21-14-13-15-22-38)41(65)23-16-17-30-62(50(70)75-53(5,6)7)31-18-19-32-63(51(71)76-54(8,9)10)33-20-29-57-48(68)74-52(2,3)4/h13-15,21-22,24-27,40H,11-12,16-20,23,28-36H2,1-10H3,(H,57,68)(H,58,69)(H,59,67)(H3,55,56,60,61)/t40-/m0/s1. The lowest BCUT2D eigenvalue weighted by molar-refractivity contribution is -0.122. The van der Waals surface area contributed by atoms with Crippen molar-refractivity contribution in [2.75, 3.05) is 56.9 Å². The van der Waals surface area contributed by atoms with E-state index < -0.39 is 71.3 Å². The number of carbonyl (C=O) groups excluding carboxylic acids is 6. The highest BCUT2D eigenvalue weighted by molar-refractivity contribution is 5.91. The van der Waals surface area contributed by atoms with Gasteiger partial charge < -0.3 is 60.2 Å². The molecule has 0 fully saturated rings. The Morgan fingerprint density at radius 1 is 0.684 bits per heavy atom. The number of nitrogen functional groups attached to an aromatic ring is 1. The minimum atomic E-state index is -1.26. The number of unbranched alkanes of at least 4 members (excludes halogenated alkanes) is 3. The molecule has 0 saturated heterocycles. The average Bonchev–Trinajstić information content (AvgIpc) is 3.64. The summed E-state index contributed by atoms with van der Waals surface area (Å²) in [4.78, 5) is 107. The number of anilines is 2. The fourth-order valence-electron chi connectivity index (χ4n) is 7.35. The first kappa shape index (κ1) is 61.2. The van der Waals surface area contributed by atoms with Gasteiger partial charge in [0.05, 0.1) is 12.1 Å². The van der Waals surface area contributed by atoms with Crippen LogP contribution in [0.15, 0.2) is 59.4 Å². The molecule has 0 unspecified atom stereocenters. The molecule has 22 nitrogen and oxygen atoms in total. The molecular weight excluding hydrogens is 981 g/mol. The quantitative estimate of drug-likeness (QED) is 0.0213. The van der Waals surface area contributed by atoms with E-state index in [4.69, 9.17) is 29.4 Å². The van der Waals surface area contributed by atoms with Crippen molar-refractivity contribution in [3.63, 3.8) is 0 Å². The van der Waals surface area contributed by atoms with Crippen LogP contribution in [0.1, 0.15) is 142 Å². The Hall–Kier alpha value is -7.39. The molecule has 0 bridgehead atoms. The maximum Gasteiger partial charge on any atom is 0.410 e. The molecule has 0 aliphatic rings. The van der Waals surface area contributed by atoms with Crippen LogP contribution in [0.2, 0.25) is 0 Å². The number of hydrogen-bond donors (Lipinski definition) is 5. The molecule has 418 valence electrons. The van der Waals surface area contributed by atoms with Crippen LogP contribution in [-0.4, -0.2) is 134 Å². The number of benzene rings is 2. The lowest BCUT2D eigenvalue weighted by Gasteiger charge is -2.29. The number of aromatic amines is 1. The number of fused-ring (bicyclic) bond motifs is 1. The first-order valence-electron chi connectivity index (χ1n) is 26.0. The Balaban J connectivity index is 1.37. The van der Waals surface area contributed by atoms with Crippen LogP contribution in [0.5, 0.6) is 0 Å². The third-order valence-corrected chi connectivity index (χ3v) is 11.1. The van der Waals surface area contributed by atoms with Gasteiger partial charge in [0.1, 0.15) is 41.6 Å². The second-order valence-electron chi connectivity index (χ2n) is 21.3. The largest absolute Gasteiger partial charge is 0.459 e. The summed E-state index contributed by atoms with van der Waals surface area (Å²) in [6.07, 6.45) is 1.54. The number of nitrogens with one attached hydrogen (secondary N) is 4. The van der Waals surface area contributed by atoms with E-state index in [-0.39, 0.29) is 44.0 Å². The highest BCUT2D eigenvalue weighted by Crippen LogP contribution is 2.19. The van der Waals surface area contributed by atoms with Gasteiger partial charge in [-0.25, -0.2) is 28.8 Å². The Bertz CT molecular complexity index is 2580. The summed E-state index contributed by atoms with van der Waals surface area (Å²) in [5, 5.41) is 8.40. The van der Waals surface area contributed by atoms with E-state index >= 15 is 0 Å². The van der Waals surface area contributed by atoms with Gasteiger partial charge in [-0.3, -0.25) is 9.36 Å². The van der Waals surface area contributed by atoms with Gasteiger partial charge in [-0.1, -0.05) is 55.8 Å². The van der Waals surface area contributed by atoms with E-state index in [0.717, 1.165) is 18.4 Å². The van der Waals surface area contributed by atoms with Gasteiger partial charge in [0.15, 0.2) is 17.2 Å². The van der Waals surface area contributed by atoms with E-state index in [2.05, 4.69) is 37.8 Å². The van der Waals surface area contributed by atoms with E-state index in [1.807, 2.05) is 6.07 Å². The number of alkyl carbamates (subject to hydrolysis) is 2. The second-order valence-corrected chi connectivity index (χ2v) is 21.3. The average molecular weight is 1060 g/mol. The Morgan fingerprint density at radius 3 is 1.84 bits per heavy atom. The zero-order valence-electron chi connectivity index (χ0n) is 46.0. The van der Waals surface area contributed by atoms with Crippen molar-refractivity contribution >= 4 is 59.1 Å². The number of nitrogens with two attached hydrogens (primary N) is 1. The third-order valence-electron chi connectivity index (χ3n) is 11.1. The fourth-order valence-corrected chi connectivity index (χ4v) is 7.35. The second kappa shape index (κ2) is 29.1. The van der Waals surface area contributed by atoms with Crippen molar-refractivity contribution < 1.29 is 52.5 Å². The normalized spacial score (nSPS) is 12.0. The smallest absolute Gasteiger partial charge is 0.410 e. The number of ether oxygens (including phenoxy) is 5. The molecule has 1 atom stereocenters. The molecular formula is C54H80N10O12. The zero-order valence-corrected chi connectivity index (χ0v) is 46.0. The Morgan fingerprint density at radius 2 is 1.26 bits per heavy atom. The molecule has 2 aromatic carbocycles. The number of H-pyrrole nitrogens is 1. The van der Waals surface area contributed by atoms with Crippen molar-refractivity contribution in [3.8, 4) is 0 Å². The highest BCUT2D eigenvalue weighted by atomic mass is 16.6. The summed E-state index contributed by atoms with van der Waals surface area (Å²) in [6, 6.07) is 14.1. The predicted octanol–water partition coefficient (Wildman–Crippen LogP) is 8.32. The van der Waals surface area contributed by atoms with Crippen molar-refractivity contribution in [3.05, 3.63) is 81.8 Å². The van der Waals surface area contributed by atoms with Gasteiger partial charge in [-0.05, 0) is 124 Å². The summed E-state index contributed by atoms with van der Waals surface area (Å²) < 4.78 is 29.1. The van der Waals surface area contributed by atoms with E-state index in [9.17, 15) is 33.6 Å². The number of nitrogens with zero attached hydrogens (tertiary/aromatic N) is 5. The van der Waals surface area contributed by atoms with Crippen LogP contribution in [-0.2, 0) is 41.6 Å². The molecule has 4 amide bonds. The van der Waals surface area contributed by atoms with E-state index in [1.54, 1.807) is 109 Å². The van der Waals surface area contributed by atoms with Gasteiger partial charge in [0.2, 0.25) is 5.95 Å². The molecule has 6 N–H and O–H groups in total. The van der Waals surface area contributed by atoms with Crippen molar-refractivity contribution in [2.24, 2.45) is 0 Å². The van der Waals surface area contributed by atoms with Crippen LogP contribution < -0.4 is 27.4 Å². The van der Waals surface area contributed by atoms with E-state index in [0.29, 0.717) is 81.0 Å². The topological polar surface area (TPSA) is 281 Å². The first-order valence-corrected chi connectivity index (χ1v) is 26.0. The molecule has 2 heterocycles. The summed E-state index contributed by atoms with van der Waals surface area (Å²) in [5.41, 5.74) is 5.75. The lowest BCUT2D eigenvalue weighted by atomic mass is 10.1.